The summed E-state index contributed by atoms with van der Waals surface area (Å²) in [6.07, 6.45) is 0. The Bertz CT molecular complexity index is 16.8. The van der Waals surface area contributed by atoms with Gasteiger partial charge < -0.3 is 0 Å². The van der Waals surface area contributed by atoms with Crippen molar-refractivity contribution >= 4 is 102 Å². The van der Waals surface area contributed by atoms with Gasteiger partial charge in [-0.05, 0) is 0 Å². The third-order valence-corrected chi connectivity index (χ3v) is 0. The molecular weight excluding hydrogens is 550 g/mol. The predicted octanol–water partition coefficient (Wildman–Crippen LogP) is 0.236. The van der Waals surface area contributed by atoms with Crippen molar-refractivity contribution in [3.05, 3.63) is 0 Å². The van der Waals surface area contributed by atoms with Gasteiger partial charge >= 0.3 is 70.1 Å². The summed E-state index contributed by atoms with van der Waals surface area (Å²) in [5, 5.41) is 0. The van der Waals surface area contributed by atoms with Crippen molar-refractivity contribution in [3.63, 3.8) is 0 Å². The molecular formula is F6Ge6. The minimum Gasteiger partial charge on any atom is 0 e. The van der Waals surface area contributed by atoms with Gasteiger partial charge in [-0.1, -0.05) is 0 Å². The molecule has 0 spiro atoms. The van der Waals surface area contributed by atoms with Crippen LogP contribution < -0.4 is 0 Å². The molecule has 0 aliphatic heterocycles. The Morgan fingerprint density at radius 2 is 0.417 bits per heavy atom. The van der Waals surface area contributed by atoms with Crippen LogP contribution in [0.5, 0.6) is 0 Å². The second-order valence-corrected chi connectivity index (χ2v) is 1.11. The van der Waals surface area contributed by atoms with E-state index < -0.39 is 49.1 Å². The van der Waals surface area contributed by atoms with E-state index in [0.29, 0.717) is 0 Å². The fraction of sp³-hybridized carbons (Fsp3) is 0. The van der Waals surface area contributed by atoms with Gasteiger partial charge in [0.25, 0.3) is 0 Å². The van der Waals surface area contributed by atoms with E-state index in [2.05, 4.69) is 0 Å². The van der Waals surface area contributed by atoms with Crippen LogP contribution in [0.1, 0.15) is 0 Å². The summed E-state index contributed by atoms with van der Waals surface area (Å²) in [6, 6.07) is 0. The Hall–Kier alpha value is 2.84. The Morgan fingerprint density at radius 3 is 0.417 bits per heavy atom. The average Bonchev–Trinajstić information content (AvgIpc) is 1.70. The first-order valence-corrected chi connectivity index (χ1v) is 5.89. The molecule has 0 saturated heterocycles. The van der Waals surface area contributed by atoms with Crippen LogP contribution in [0, 0.1) is 0 Å². The number of hydrogen-bond acceptors (Lipinski definition) is 0. The van der Waals surface area contributed by atoms with Crippen molar-refractivity contribution in [2.75, 3.05) is 0 Å². The molecule has 0 N–H and O–H groups in total. The van der Waals surface area contributed by atoms with Crippen LogP contribution in [0.2, 0.25) is 0 Å². The summed E-state index contributed by atoms with van der Waals surface area (Å²) in [4.78, 5) is 0. The van der Waals surface area contributed by atoms with Crippen molar-refractivity contribution in [1.29, 1.82) is 0 Å². The molecule has 0 aromatic carbocycles. The number of halogens is 6. The monoisotopic (exact) mass is 558 g/mol. The molecule has 0 bridgehead atoms. The van der Waals surface area contributed by atoms with E-state index in [1.807, 2.05) is 0 Å². The van der Waals surface area contributed by atoms with E-state index in [1.165, 1.54) is 0 Å². The minimum atomic E-state index is -2.50. The standard InChI is InChI=1S/3F2Ge.3Ge/c3*1-3-2;;;. The molecule has 0 heterocycles. The molecule has 0 rings (SSSR count). The predicted molar refractivity (Wildman–Crippen MR) is 41.2 cm³/mol. The zero-order valence-corrected chi connectivity index (χ0v) is 17.9. The second kappa shape index (κ2) is 66.9. The topological polar surface area (TPSA) is 0 Å². The van der Waals surface area contributed by atoms with E-state index in [1.54, 1.807) is 0 Å². The van der Waals surface area contributed by atoms with E-state index >= 15 is 0 Å². The van der Waals surface area contributed by atoms with Crippen LogP contribution in [0.25, 0.3) is 0 Å². The summed E-state index contributed by atoms with van der Waals surface area (Å²) in [7, 11) is 0. The largest absolute Gasteiger partial charge is 0 e. The summed E-state index contributed by atoms with van der Waals surface area (Å²) in [5.41, 5.74) is 0. The maximum atomic E-state index is 9.75. The van der Waals surface area contributed by atoms with Crippen LogP contribution in [-0.2, 0) is 0 Å². The molecule has 0 aromatic heterocycles. The smallest absolute Gasteiger partial charge is 0 e. The molecule has 12 heteroatoms. The second-order valence-electron chi connectivity index (χ2n) is 0.214. The molecule has 0 aromatic rings. The van der Waals surface area contributed by atoms with Crippen molar-refractivity contribution in [3.8, 4) is 0 Å². The Balaban J connectivity index is -0.00000001000. The first-order chi connectivity index (χ1) is 4.24. The van der Waals surface area contributed by atoms with Crippen LogP contribution >= 0.6 is 0 Å². The Morgan fingerprint density at radius 1 is 0.417 bits per heavy atom. The minimum absolute atomic E-state index is 0. The van der Waals surface area contributed by atoms with Crippen molar-refractivity contribution < 1.29 is 21.0 Å². The van der Waals surface area contributed by atoms with Gasteiger partial charge in [-0.15, -0.1) is 0 Å². The molecule has 0 aliphatic carbocycles. The molecule has 0 fully saturated rings. The maximum absolute atomic E-state index is 9.75. The summed E-state index contributed by atoms with van der Waals surface area (Å²) in [6.45, 7) is 0. The molecule has 12 heavy (non-hydrogen) atoms. The normalized spacial score (nSPS) is 4.50. The van der Waals surface area contributed by atoms with Crippen LogP contribution in [0.3, 0.4) is 0 Å². The van der Waals surface area contributed by atoms with Gasteiger partial charge in [0.05, 0.1) is 0 Å². The van der Waals surface area contributed by atoms with Crippen molar-refractivity contribution in [2.45, 2.75) is 0 Å². The zero-order chi connectivity index (χ0) is 8.12. The SMILES string of the molecule is [F][Ge][F].[F][Ge][F].[F][Ge][F].[Ge].[Ge].[Ge]. The molecule has 18 radical (unpaired) electrons. The third-order valence-electron chi connectivity index (χ3n) is 0. The zero-order valence-electron chi connectivity index (χ0n) is 5.27. The third kappa shape index (κ3) is 223. The quantitative estimate of drug-likeness (QED) is 0.300. The van der Waals surface area contributed by atoms with E-state index in [9.17, 15) is 21.0 Å². The van der Waals surface area contributed by atoms with E-state index in [-0.39, 0.29) is 52.8 Å². The average molecular weight is 550 g/mol. The maximum Gasteiger partial charge on any atom is 0 e. The van der Waals surface area contributed by atoms with E-state index in [4.69, 9.17) is 0 Å². The van der Waals surface area contributed by atoms with Crippen molar-refractivity contribution in [2.24, 2.45) is 0 Å². The molecule has 0 unspecified atom stereocenters. The van der Waals surface area contributed by atoms with Crippen LogP contribution in [0.4, 0.5) is 21.0 Å². The van der Waals surface area contributed by atoms with Crippen molar-refractivity contribution in [1.82, 2.24) is 0 Å². The first-order valence-electron chi connectivity index (χ1n) is 1.13. The molecule has 0 aliphatic rings. The molecule has 66 valence electrons. The molecule has 0 amide bonds. The molecule has 0 nitrogen and oxygen atoms in total. The fourth-order valence-electron chi connectivity index (χ4n) is 0. The van der Waals surface area contributed by atoms with Crippen LogP contribution in [-0.4, -0.2) is 102 Å². The van der Waals surface area contributed by atoms with Crippen LogP contribution in [0.15, 0.2) is 0 Å². The molecule has 0 saturated carbocycles. The summed E-state index contributed by atoms with van der Waals surface area (Å²) >= 11 is -7.50. The molecule has 0 atom stereocenters. The Labute approximate surface area is 121 Å². The van der Waals surface area contributed by atoms with Gasteiger partial charge in [-0.3, -0.25) is 0 Å². The van der Waals surface area contributed by atoms with Gasteiger partial charge in [-0.25, -0.2) is 0 Å². The summed E-state index contributed by atoms with van der Waals surface area (Å²) < 4.78 is 58.5. The first kappa shape index (κ1) is 36.4. The van der Waals surface area contributed by atoms with Gasteiger partial charge in [0.15, 0.2) is 0 Å². The van der Waals surface area contributed by atoms with Gasteiger partial charge in [0.1, 0.15) is 0 Å². The number of hydrogen-bond donors (Lipinski definition) is 0. The van der Waals surface area contributed by atoms with Gasteiger partial charge in [0.2, 0.25) is 0 Å². The van der Waals surface area contributed by atoms with Gasteiger partial charge in [-0.2, -0.15) is 0 Å². The Kier molecular flexibility index (Phi) is 203. The number of rotatable bonds is 0. The van der Waals surface area contributed by atoms with Gasteiger partial charge in [0, 0.05) is 52.8 Å². The fourth-order valence-corrected chi connectivity index (χ4v) is 0. The summed E-state index contributed by atoms with van der Waals surface area (Å²) in [5.74, 6) is 0. The van der Waals surface area contributed by atoms with E-state index in [0.717, 1.165) is 0 Å².